The molecule has 2 rings (SSSR count). The number of carbonyl (C=O) groups excluding carboxylic acids is 1. The largest absolute Gasteiger partial charge is 0.305 e. The van der Waals surface area contributed by atoms with Crippen molar-refractivity contribution in [1.29, 1.82) is 0 Å². The van der Waals surface area contributed by atoms with Crippen LogP contribution < -0.4 is 5.32 Å². The number of anilines is 1. The van der Waals surface area contributed by atoms with Gasteiger partial charge in [-0.05, 0) is 34.5 Å². The number of hydrogen-bond acceptors (Lipinski definition) is 3. The van der Waals surface area contributed by atoms with Crippen LogP contribution in [0, 0.1) is 0 Å². The molecule has 17 heavy (non-hydrogen) atoms. The number of H-pyrrole nitrogens is 1. The minimum absolute atomic E-state index is 0.223. The van der Waals surface area contributed by atoms with E-state index in [-0.39, 0.29) is 5.91 Å². The molecule has 0 bridgehead atoms. The van der Waals surface area contributed by atoms with Gasteiger partial charge in [-0.1, -0.05) is 6.92 Å². The number of aryl methyl sites for hydroxylation is 1. The van der Waals surface area contributed by atoms with E-state index >= 15 is 0 Å². The van der Waals surface area contributed by atoms with Gasteiger partial charge in [-0.25, -0.2) is 4.98 Å². The van der Waals surface area contributed by atoms with Crippen molar-refractivity contribution in [2.45, 2.75) is 13.3 Å². The zero-order chi connectivity index (χ0) is 12.3. The lowest BCUT2D eigenvalue weighted by Crippen LogP contribution is -2.12. The van der Waals surface area contributed by atoms with Crippen LogP contribution >= 0.6 is 15.9 Å². The number of carbonyl (C=O) groups is 1. The molecule has 0 radical (unpaired) electrons. The minimum Gasteiger partial charge on any atom is -0.305 e. The topological polar surface area (TPSA) is 70.7 Å². The zero-order valence-electron chi connectivity index (χ0n) is 9.20. The van der Waals surface area contributed by atoms with Crippen molar-refractivity contribution in [2.75, 3.05) is 5.32 Å². The van der Waals surface area contributed by atoms with Gasteiger partial charge in [-0.2, -0.15) is 5.10 Å². The summed E-state index contributed by atoms with van der Waals surface area (Å²) in [7, 11) is 0. The number of pyridine rings is 1. The lowest BCUT2D eigenvalue weighted by molar-refractivity contribution is 0.102. The number of rotatable bonds is 3. The van der Waals surface area contributed by atoms with Gasteiger partial charge in [0.15, 0.2) is 5.82 Å². The van der Waals surface area contributed by atoms with Gasteiger partial charge in [-0.3, -0.25) is 9.89 Å². The second kappa shape index (κ2) is 5.09. The molecule has 0 spiro atoms. The van der Waals surface area contributed by atoms with E-state index in [1.807, 2.05) is 13.0 Å². The average molecular weight is 295 g/mol. The van der Waals surface area contributed by atoms with E-state index in [9.17, 15) is 4.79 Å². The number of nitrogens with one attached hydrogen (secondary N) is 2. The zero-order valence-corrected chi connectivity index (χ0v) is 10.8. The third kappa shape index (κ3) is 2.91. The third-order valence-corrected chi connectivity index (χ3v) is 2.71. The van der Waals surface area contributed by atoms with Gasteiger partial charge < -0.3 is 5.32 Å². The first-order chi connectivity index (χ1) is 8.19. The van der Waals surface area contributed by atoms with E-state index in [1.54, 1.807) is 12.1 Å². The quantitative estimate of drug-likeness (QED) is 0.854. The highest BCUT2D eigenvalue weighted by Gasteiger charge is 2.08. The molecule has 0 atom stereocenters. The first kappa shape index (κ1) is 11.8. The van der Waals surface area contributed by atoms with Crippen molar-refractivity contribution in [3.63, 3.8) is 0 Å². The number of hydrogen-bond donors (Lipinski definition) is 2. The van der Waals surface area contributed by atoms with Crippen molar-refractivity contribution >= 4 is 27.7 Å². The molecule has 0 saturated carbocycles. The third-order valence-electron chi connectivity index (χ3n) is 2.24. The maximum atomic E-state index is 11.8. The molecule has 0 unspecified atom stereocenters. The van der Waals surface area contributed by atoms with Gasteiger partial charge in [0.05, 0.1) is 5.56 Å². The number of aromatic nitrogens is 3. The van der Waals surface area contributed by atoms with Crippen LogP contribution in [-0.2, 0) is 6.42 Å². The van der Waals surface area contributed by atoms with Crippen LogP contribution in [0.2, 0.25) is 0 Å². The Labute approximate surface area is 107 Å². The highest BCUT2D eigenvalue weighted by molar-refractivity contribution is 9.10. The summed E-state index contributed by atoms with van der Waals surface area (Å²) in [5.74, 6) is 0.300. The van der Waals surface area contributed by atoms with Crippen LogP contribution in [0.1, 0.15) is 23.0 Å². The van der Waals surface area contributed by atoms with Crippen LogP contribution in [0.5, 0.6) is 0 Å². The molecule has 0 aromatic carbocycles. The maximum absolute atomic E-state index is 11.8. The predicted molar refractivity (Wildman–Crippen MR) is 67.9 cm³/mol. The van der Waals surface area contributed by atoms with Crippen LogP contribution in [-0.4, -0.2) is 21.1 Å². The highest BCUT2D eigenvalue weighted by Crippen LogP contribution is 2.10. The molecular weight excluding hydrogens is 284 g/mol. The Morgan fingerprint density at radius 2 is 2.35 bits per heavy atom. The van der Waals surface area contributed by atoms with E-state index in [4.69, 9.17) is 0 Å². The van der Waals surface area contributed by atoms with E-state index in [1.165, 1.54) is 6.20 Å². The Balaban J connectivity index is 2.08. The summed E-state index contributed by atoms with van der Waals surface area (Å²) < 4.78 is 0.696. The fourth-order valence-corrected chi connectivity index (χ4v) is 1.54. The Kier molecular flexibility index (Phi) is 3.53. The molecular formula is C11H11BrN4O. The number of aromatic amines is 1. The summed E-state index contributed by atoms with van der Waals surface area (Å²) in [5.41, 5.74) is 1.48. The highest BCUT2D eigenvalue weighted by atomic mass is 79.9. The Morgan fingerprint density at radius 1 is 1.53 bits per heavy atom. The normalized spacial score (nSPS) is 10.2. The molecule has 2 N–H and O–H groups in total. The lowest BCUT2D eigenvalue weighted by atomic mass is 10.2. The van der Waals surface area contributed by atoms with E-state index in [0.717, 1.165) is 12.1 Å². The van der Waals surface area contributed by atoms with Gasteiger partial charge in [0, 0.05) is 18.0 Å². The molecule has 2 aromatic heterocycles. The predicted octanol–water partition coefficient (Wildman–Crippen LogP) is 2.38. The van der Waals surface area contributed by atoms with Gasteiger partial charge >= 0.3 is 0 Å². The number of amides is 1. The molecule has 1 amide bonds. The van der Waals surface area contributed by atoms with Crippen molar-refractivity contribution in [3.8, 4) is 0 Å². The van der Waals surface area contributed by atoms with Crippen molar-refractivity contribution in [3.05, 3.63) is 40.3 Å². The summed E-state index contributed by atoms with van der Waals surface area (Å²) in [4.78, 5) is 15.8. The van der Waals surface area contributed by atoms with Crippen LogP contribution in [0.3, 0.4) is 0 Å². The Morgan fingerprint density at radius 3 is 2.94 bits per heavy atom. The number of nitrogens with zero attached hydrogens (tertiary/aromatic N) is 2. The minimum atomic E-state index is -0.223. The molecule has 6 heteroatoms. The Bertz CT molecular complexity index is 521. The van der Waals surface area contributed by atoms with Gasteiger partial charge in [0.1, 0.15) is 4.60 Å². The monoisotopic (exact) mass is 294 g/mol. The van der Waals surface area contributed by atoms with Crippen molar-refractivity contribution < 1.29 is 4.79 Å². The fraction of sp³-hybridized carbons (Fsp3) is 0.182. The standard InChI is InChI=1S/C11H11BrN4O/c1-2-8-5-10(16-15-8)14-11(17)7-3-4-9(12)13-6-7/h3-6H,2H2,1H3,(H2,14,15,16,17). The van der Waals surface area contributed by atoms with Crippen molar-refractivity contribution in [2.24, 2.45) is 0 Å². The van der Waals surface area contributed by atoms with E-state index in [0.29, 0.717) is 16.0 Å². The average Bonchev–Trinajstić information content (AvgIpc) is 2.77. The second-order valence-corrected chi connectivity index (χ2v) is 4.27. The molecule has 0 saturated heterocycles. The second-order valence-electron chi connectivity index (χ2n) is 3.46. The molecule has 0 aliphatic carbocycles. The van der Waals surface area contributed by atoms with Gasteiger partial charge in [-0.15, -0.1) is 0 Å². The van der Waals surface area contributed by atoms with Gasteiger partial charge in [0.2, 0.25) is 0 Å². The molecule has 88 valence electrons. The molecule has 0 aliphatic heterocycles. The molecule has 2 aromatic rings. The Hall–Kier alpha value is -1.69. The smallest absolute Gasteiger partial charge is 0.258 e. The first-order valence-corrected chi connectivity index (χ1v) is 5.95. The molecule has 0 fully saturated rings. The lowest BCUT2D eigenvalue weighted by Gasteiger charge is -2.00. The van der Waals surface area contributed by atoms with E-state index < -0.39 is 0 Å². The van der Waals surface area contributed by atoms with E-state index in [2.05, 4.69) is 36.4 Å². The summed E-state index contributed by atoms with van der Waals surface area (Å²) in [5, 5.41) is 9.51. The summed E-state index contributed by atoms with van der Waals surface area (Å²) in [6.07, 6.45) is 2.36. The summed E-state index contributed by atoms with van der Waals surface area (Å²) in [6, 6.07) is 5.22. The van der Waals surface area contributed by atoms with Gasteiger partial charge in [0.25, 0.3) is 5.91 Å². The summed E-state index contributed by atoms with van der Waals surface area (Å²) in [6.45, 7) is 2.01. The first-order valence-electron chi connectivity index (χ1n) is 5.16. The van der Waals surface area contributed by atoms with Crippen LogP contribution in [0.25, 0.3) is 0 Å². The molecule has 5 nitrogen and oxygen atoms in total. The fourth-order valence-electron chi connectivity index (χ4n) is 1.31. The maximum Gasteiger partial charge on any atom is 0.258 e. The van der Waals surface area contributed by atoms with Crippen LogP contribution in [0.4, 0.5) is 5.82 Å². The number of halogens is 1. The SMILES string of the molecule is CCc1cc(NC(=O)c2ccc(Br)nc2)n[nH]1. The van der Waals surface area contributed by atoms with Crippen LogP contribution in [0.15, 0.2) is 29.0 Å². The molecule has 0 aliphatic rings. The van der Waals surface area contributed by atoms with Crippen molar-refractivity contribution in [1.82, 2.24) is 15.2 Å². The summed E-state index contributed by atoms with van der Waals surface area (Å²) >= 11 is 3.21. The molecule has 2 heterocycles.